The normalized spacial score (nSPS) is 24.7. The van der Waals surface area contributed by atoms with E-state index in [4.69, 9.17) is 0 Å². The van der Waals surface area contributed by atoms with Gasteiger partial charge in [-0.2, -0.15) is 0 Å². The molecule has 92 valence electrons. The second kappa shape index (κ2) is 4.69. The molecule has 17 heavy (non-hydrogen) atoms. The Morgan fingerprint density at radius 1 is 1.35 bits per heavy atom. The summed E-state index contributed by atoms with van der Waals surface area (Å²) in [6.07, 6.45) is 2.57. The third-order valence-electron chi connectivity index (χ3n) is 3.14. The van der Waals surface area contributed by atoms with Crippen LogP contribution in [0.15, 0.2) is 18.3 Å². The molecule has 5 heteroatoms. The third-order valence-corrected chi connectivity index (χ3v) is 3.14. The number of nitrogens with zero attached hydrogens (tertiary/aromatic N) is 3. The number of nitro groups is 1. The quantitative estimate of drug-likeness (QED) is 0.583. The number of anilines is 1. The van der Waals surface area contributed by atoms with Crippen molar-refractivity contribution in [3.05, 3.63) is 28.4 Å². The number of aromatic nitrogens is 1. The van der Waals surface area contributed by atoms with Crippen molar-refractivity contribution >= 4 is 11.5 Å². The largest absolute Gasteiger partial charge is 0.356 e. The Morgan fingerprint density at radius 3 is 2.47 bits per heavy atom. The van der Waals surface area contributed by atoms with Crippen LogP contribution in [-0.4, -0.2) is 23.0 Å². The molecule has 0 aliphatic carbocycles. The molecule has 0 aromatic carbocycles. The van der Waals surface area contributed by atoms with E-state index in [9.17, 15) is 10.1 Å². The van der Waals surface area contributed by atoms with Gasteiger partial charge in [0, 0.05) is 19.2 Å². The van der Waals surface area contributed by atoms with Gasteiger partial charge in [-0.15, -0.1) is 0 Å². The molecule has 1 aromatic heterocycles. The Kier molecular flexibility index (Phi) is 3.26. The lowest BCUT2D eigenvalue weighted by molar-refractivity contribution is -0.385. The van der Waals surface area contributed by atoms with Crippen molar-refractivity contribution in [3.63, 3.8) is 0 Å². The zero-order valence-electron chi connectivity index (χ0n) is 10.2. The van der Waals surface area contributed by atoms with Gasteiger partial charge in [0.05, 0.1) is 4.92 Å². The van der Waals surface area contributed by atoms with Gasteiger partial charge in [-0.05, 0) is 24.3 Å². The first-order valence-electron chi connectivity index (χ1n) is 5.91. The van der Waals surface area contributed by atoms with E-state index in [1.165, 1.54) is 18.7 Å². The predicted octanol–water partition coefficient (Wildman–Crippen LogP) is 2.47. The Labute approximate surface area is 101 Å². The molecule has 2 rings (SSSR count). The molecular formula is C12H17N3O2. The van der Waals surface area contributed by atoms with Gasteiger partial charge in [0.15, 0.2) is 0 Å². The fourth-order valence-corrected chi connectivity index (χ4v) is 2.52. The number of hydrogen-bond acceptors (Lipinski definition) is 4. The molecule has 1 aliphatic heterocycles. The lowest BCUT2D eigenvalue weighted by Crippen LogP contribution is -2.39. The van der Waals surface area contributed by atoms with Crippen molar-refractivity contribution < 1.29 is 4.92 Å². The SMILES string of the molecule is CC1CC(C)CN(c2ccc([N+](=O)[O-])cn2)C1. The molecule has 0 bridgehead atoms. The fourth-order valence-electron chi connectivity index (χ4n) is 2.52. The first-order chi connectivity index (χ1) is 8.06. The monoisotopic (exact) mass is 235 g/mol. The van der Waals surface area contributed by atoms with Gasteiger partial charge < -0.3 is 4.90 Å². The Balaban J connectivity index is 2.14. The molecule has 1 fully saturated rings. The van der Waals surface area contributed by atoms with Gasteiger partial charge in [-0.3, -0.25) is 10.1 Å². The van der Waals surface area contributed by atoms with Crippen molar-refractivity contribution in [1.29, 1.82) is 0 Å². The Morgan fingerprint density at radius 2 is 2.00 bits per heavy atom. The Bertz CT molecular complexity index is 395. The summed E-state index contributed by atoms with van der Waals surface area (Å²) in [7, 11) is 0. The van der Waals surface area contributed by atoms with Crippen LogP contribution >= 0.6 is 0 Å². The minimum absolute atomic E-state index is 0.0480. The summed E-state index contributed by atoms with van der Waals surface area (Å²) in [5, 5.41) is 10.5. The summed E-state index contributed by atoms with van der Waals surface area (Å²) in [6.45, 7) is 6.42. The number of piperidine rings is 1. The van der Waals surface area contributed by atoms with Crippen LogP contribution in [-0.2, 0) is 0 Å². The van der Waals surface area contributed by atoms with Crippen LogP contribution in [0.4, 0.5) is 11.5 Å². The zero-order valence-corrected chi connectivity index (χ0v) is 10.2. The molecule has 2 heterocycles. The number of hydrogen-bond donors (Lipinski definition) is 0. The molecule has 1 aliphatic rings. The van der Waals surface area contributed by atoms with E-state index < -0.39 is 4.92 Å². The molecule has 0 spiro atoms. The number of rotatable bonds is 2. The van der Waals surface area contributed by atoms with Crippen molar-refractivity contribution in [2.45, 2.75) is 20.3 Å². The standard InChI is InChI=1S/C12H17N3O2/c1-9-5-10(2)8-14(7-9)12-4-3-11(6-13-12)15(16)17/h3-4,6,9-10H,5,7-8H2,1-2H3. The average molecular weight is 235 g/mol. The second-order valence-electron chi connectivity index (χ2n) is 4.98. The van der Waals surface area contributed by atoms with Crippen LogP contribution in [0.25, 0.3) is 0 Å². The first-order valence-corrected chi connectivity index (χ1v) is 5.91. The fraction of sp³-hybridized carbons (Fsp3) is 0.583. The second-order valence-corrected chi connectivity index (χ2v) is 4.98. The average Bonchev–Trinajstić information content (AvgIpc) is 2.28. The molecule has 2 unspecified atom stereocenters. The van der Waals surface area contributed by atoms with Gasteiger partial charge in [0.25, 0.3) is 5.69 Å². The maximum atomic E-state index is 10.5. The van der Waals surface area contributed by atoms with Crippen LogP contribution in [0.5, 0.6) is 0 Å². The van der Waals surface area contributed by atoms with Crippen LogP contribution < -0.4 is 4.90 Å². The van der Waals surface area contributed by atoms with Gasteiger partial charge in [-0.25, -0.2) is 4.98 Å². The summed E-state index contributed by atoms with van der Waals surface area (Å²) >= 11 is 0. The smallest absolute Gasteiger partial charge is 0.287 e. The molecule has 5 nitrogen and oxygen atoms in total. The molecule has 0 radical (unpaired) electrons. The van der Waals surface area contributed by atoms with Gasteiger partial charge in [0.1, 0.15) is 12.0 Å². The van der Waals surface area contributed by atoms with E-state index in [-0.39, 0.29) is 5.69 Å². The minimum atomic E-state index is -0.418. The zero-order chi connectivity index (χ0) is 12.4. The van der Waals surface area contributed by atoms with E-state index in [1.807, 2.05) is 0 Å². The lowest BCUT2D eigenvalue weighted by atomic mass is 9.92. The van der Waals surface area contributed by atoms with E-state index in [2.05, 4.69) is 23.7 Å². The van der Waals surface area contributed by atoms with Crippen molar-refractivity contribution in [2.24, 2.45) is 11.8 Å². The molecule has 1 saturated heterocycles. The van der Waals surface area contributed by atoms with Crippen LogP contribution in [0.2, 0.25) is 0 Å². The van der Waals surface area contributed by atoms with E-state index in [0.717, 1.165) is 18.9 Å². The summed E-state index contributed by atoms with van der Waals surface area (Å²) < 4.78 is 0. The first kappa shape index (κ1) is 11.8. The topological polar surface area (TPSA) is 59.3 Å². The number of pyridine rings is 1. The highest BCUT2D eigenvalue weighted by Crippen LogP contribution is 2.25. The maximum absolute atomic E-state index is 10.5. The summed E-state index contributed by atoms with van der Waals surface area (Å²) in [5.41, 5.74) is 0.0480. The van der Waals surface area contributed by atoms with Gasteiger partial charge in [0.2, 0.25) is 0 Å². The molecule has 1 aromatic rings. The molecule has 0 amide bonds. The highest BCUT2D eigenvalue weighted by Gasteiger charge is 2.22. The highest BCUT2D eigenvalue weighted by atomic mass is 16.6. The Hall–Kier alpha value is -1.65. The van der Waals surface area contributed by atoms with Crippen molar-refractivity contribution in [2.75, 3.05) is 18.0 Å². The van der Waals surface area contributed by atoms with Crippen LogP contribution in [0.3, 0.4) is 0 Å². The van der Waals surface area contributed by atoms with Crippen LogP contribution in [0, 0.1) is 22.0 Å². The summed E-state index contributed by atoms with van der Waals surface area (Å²) in [4.78, 5) is 16.5. The van der Waals surface area contributed by atoms with Crippen molar-refractivity contribution in [3.8, 4) is 0 Å². The predicted molar refractivity (Wildman–Crippen MR) is 66.0 cm³/mol. The molecule has 0 N–H and O–H groups in total. The molecular weight excluding hydrogens is 218 g/mol. The van der Waals surface area contributed by atoms with Crippen molar-refractivity contribution in [1.82, 2.24) is 4.98 Å². The molecule has 2 atom stereocenters. The van der Waals surface area contributed by atoms with E-state index in [1.54, 1.807) is 6.07 Å². The lowest BCUT2D eigenvalue weighted by Gasteiger charge is -2.35. The van der Waals surface area contributed by atoms with Gasteiger partial charge in [-0.1, -0.05) is 13.8 Å². The molecule has 0 saturated carbocycles. The summed E-state index contributed by atoms with van der Waals surface area (Å²) in [6, 6.07) is 3.26. The highest BCUT2D eigenvalue weighted by molar-refractivity contribution is 5.43. The summed E-state index contributed by atoms with van der Waals surface area (Å²) in [5.74, 6) is 2.14. The third kappa shape index (κ3) is 2.72. The van der Waals surface area contributed by atoms with Crippen LogP contribution in [0.1, 0.15) is 20.3 Å². The van der Waals surface area contributed by atoms with E-state index in [0.29, 0.717) is 11.8 Å². The minimum Gasteiger partial charge on any atom is -0.356 e. The van der Waals surface area contributed by atoms with Gasteiger partial charge >= 0.3 is 0 Å². The van der Waals surface area contributed by atoms with E-state index >= 15 is 0 Å². The maximum Gasteiger partial charge on any atom is 0.287 e.